The first-order chi connectivity index (χ1) is 16.7. The van der Waals surface area contributed by atoms with E-state index in [0.717, 1.165) is 53.4 Å². The predicted octanol–water partition coefficient (Wildman–Crippen LogP) is 5.42. The SMILES string of the molecule is COc1cccc(N2CC(c3nc4ccccc4n3CCCCOc3ccccc3)CC2=O)c1. The summed E-state index contributed by atoms with van der Waals surface area (Å²) in [6.45, 7) is 2.14. The summed E-state index contributed by atoms with van der Waals surface area (Å²) in [5, 5.41) is 0. The number of carbonyl (C=O) groups excluding carboxylic acids is 1. The molecule has 3 aromatic carbocycles. The molecule has 4 aromatic rings. The lowest BCUT2D eigenvalue weighted by Gasteiger charge is -2.18. The minimum Gasteiger partial charge on any atom is -0.497 e. The topological polar surface area (TPSA) is 56.6 Å². The van der Waals surface area contributed by atoms with Crippen molar-refractivity contribution in [1.29, 1.82) is 0 Å². The molecule has 174 valence electrons. The molecule has 0 spiro atoms. The molecule has 1 unspecified atom stereocenters. The Hall–Kier alpha value is -3.80. The zero-order chi connectivity index (χ0) is 23.3. The van der Waals surface area contributed by atoms with Crippen molar-refractivity contribution in [1.82, 2.24) is 9.55 Å². The van der Waals surface area contributed by atoms with Gasteiger partial charge in [-0.1, -0.05) is 36.4 Å². The van der Waals surface area contributed by atoms with Gasteiger partial charge in [-0.25, -0.2) is 4.98 Å². The van der Waals surface area contributed by atoms with E-state index in [-0.39, 0.29) is 11.8 Å². The monoisotopic (exact) mass is 455 g/mol. The summed E-state index contributed by atoms with van der Waals surface area (Å²) in [5.74, 6) is 2.81. The van der Waals surface area contributed by atoms with Gasteiger partial charge < -0.3 is 18.9 Å². The molecule has 0 aliphatic carbocycles. The average molecular weight is 456 g/mol. The lowest BCUT2D eigenvalue weighted by atomic mass is 10.1. The fraction of sp³-hybridized carbons (Fsp3) is 0.286. The second-order valence-electron chi connectivity index (χ2n) is 8.59. The molecule has 0 bridgehead atoms. The van der Waals surface area contributed by atoms with Crippen molar-refractivity contribution in [3.8, 4) is 11.5 Å². The van der Waals surface area contributed by atoms with Crippen LogP contribution in [0.4, 0.5) is 5.69 Å². The van der Waals surface area contributed by atoms with Crippen molar-refractivity contribution in [3.63, 3.8) is 0 Å². The van der Waals surface area contributed by atoms with Gasteiger partial charge in [-0.15, -0.1) is 0 Å². The van der Waals surface area contributed by atoms with E-state index in [1.807, 2.05) is 77.7 Å². The number of rotatable bonds is 9. The van der Waals surface area contributed by atoms with Gasteiger partial charge in [-0.2, -0.15) is 0 Å². The molecule has 1 saturated heterocycles. The first kappa shape index (κ1) is 22.0. The van der Waals surface area contributed by atoms with Gasteiger partial charge in [-0.05, 0) is 49.2 Å². The Kier molecular flexibility index (Phi) is 6.47. The van der Waals surface area contributed by atoms with Crippen molar-refractivity contribution >= 4 is 22.6 Å². The number of para-hydroxylation sites is 3. The van der Waals surface area contributed by atoms with Crippen LogP contribution in [0.15, 0.2) is 78.9 Å². The number of fused-ring (bicyclic) bond motifs is 1. The average Bonchev–Trinajstić information content (AvgIpc) is 3.45. The van der Waals surface area contributed by atoms with Gasteiger partial charge in [0.15, 0.2) is 0 Å². The molecule has 6 nitrogen and oxygen atoms in total. The fourth-order valence-corrected chi connectivity index (χ4v) is 4.63. The Morgan fingerprint density at radius 1 is 0.941 bits per heavy atom. The molecule has 1 aliphatic rings. The van der Waals surface area contributed by atoms with Crippen LogP contribution in [0.5, 0.6) is 11.5 Å². The Balaban J connectivity index is 1.31. The minimum atomic E-state index is 0.0478. The summed E-state index contributed by atoms with van der Waals surface area (Å²) < 4.78 is 13.5. The van der Waals surface area contributed by atoms with Crippen molar-refractivity contribution in [2.24, 2.45) is 0 Å². The van der Waals surface area contributed by atoms with E-state index in [1.54, 1.807) is 7.11 Å². The first-order valence-corrected chi connectivity index (χ1v) is 11.8. The zero-order valence-electron chi connectivity index (χ0n) is 19.4. The van der Waals surface area contributed by atoms with Crippen LogP contribution in [0.25, 0.3) is 11.0 Å². The molecule has 1 aliphatic heterocycles. The summed E-state index contributed by atoms with van der Waals surface area (Å²) in [6.07, 6.45) is 2.37. The third-order valence-electron chi connectivity index (χ3n) is 6.33. The molecular formula is C28H29N3O3. The molecular weight excluding hydrogens is 426 g/mol. The number of anilines is 1. The number of unbranched alkanes of at least 4 members (excludes halogenated alkanes) is 1. The van der Waals surface area contributed by atoms with E-state index in [1.165, 1.54) is 0 Å². The molecule has 6 heteroatoms. The molecule has 1 aromatic heterocycles. The molecule has 2 heterocycles. The number of hydrogen-bond donors (Lipinski definition) is 0. The van der Waals surface area contributed by atoms with Crippen LogP contribution in [-0.4, -0.2) is 35.7 Å². The van der Waals surface area contributed by atoms with Crippen LogP contribution < -0.4 is 14.4 Å². The van der Waals surface area contributed by atoms with E-state index < -0.39 is 0 Å². The van der Waals surface area contributed by atoms with Gasteiger partial charge in [0, 0.05) is 37.2 Å². The van der Waals surface area contributed by atoms with Gasteiger partial charge in [-0.3, -0.25) is 4.79 Å². The molecule has 0 saturated carbocycles. The zero-order valence-corrected chi connectivity index (χ0v) is 19.4. The van der Waals surface area contributed by atoms with Gasteiger partial charge in [0.25, 0.3) is 0 Å². The maximum Gasteiger partial charge on any atom is 0.227 e. The number of ether oxygens (including phenoxy) is 2. The highest BCUT2D eigenvalue weighted by molar-refractivity contribution is 5.96. The molecule has 34 heavy (non-hydrogen) atoms. The van der Waals surface area contributed by atoms with Gasteiger partial charge in [0.1, 0.15) is 17.3 Å². The number of amides is 1. The number of nitrogens with zero attached hydrogens (tertiary/aromatic N) is 3. The van der Waals surface area contributed by atoms with Crippen LogP contribution in [0.2, 0.25) is 0 Å². The normalized spacial score (nSPS) is 15.7. The lowest BCUT2D eigenvalue weighted by molar-refractivity contribution is -0.117. The molecule has 0 N–H and O–H groups in total. The number of methoxy groups -OCH3 is 1. The summed E-state index contributed by atoms with van der Waals surface area (Å²) >= 11 is 0. The number of aromatic nitrogens is 2. The van der Waals surface area contributed by atoms with Crippen LogP contribution >= 0.6 is 0 Å². The quantitative estimate of drug-likeness (QED) is 0.316. The Bertz CT molecular complexity index is 1270. The summed E-state index contributed by atoms with van der Waals surface area (Å²) in [4.78, 5) is 19.8. The number of carbonyl (C=O) groups is 1. The van der Waals surface area contributed by atoms with Gasteiger partial charge >= 0.3 is 0 Å². The fourth-order valence-electron chi connectivity index (χ4n) is 4.63. The second kappa shape index (κ2) is 10.00. The highest BCUT2D eigenvalue weighted by Gasteiger charge is 2.34. The van der Waals surface area contributed by atoms with Gasteiger partial charge in [0.05, 0.1) is 24.8 Å². The maximum absolute atomic E-state index is 13.0. The van der Waals surface area contributed by atoms with E-state index in [0.29, 0.717) is 19.6 Å². The third kappa shape index (κ3) is 4.62. The van der Waals surface area contributed by atoms with E-state index in [4.69, 9.17) is 14.5 Å². The highest BCUT2D eigenvalue weighted by atomic mass is 16.5. The smallest absolute Gasteiger partial charge is 0.227 e. The van der Waals surface area contributed by atoms with Crippen LogP contribution in [0.1, 0.15) is 31.0 Å². The Labute approximate surface area is 199 Å². The number of aryl methyl sites for hydroxylation is 1. The first-order valence-electron chi connectivity index (χ1n) is 11.8. The third-order valence-corrected chi connectivity index (χ3v) is 6.33. The molecule has 1 fully saturated rings. The van der Waals surface area contributed by atoms with Crippen LogP contribution in [-0.2, 0) is 11.3 Å². The van der Waals surface area contributed by atoms with Gasteiger partial charge in [0.2, 0.25) is 5.91 Å². The summed E-state index contributed by atoms with van der Waals surface area (Å²) in [6, 6.07) is 25.8. The standard InChI is InChI=1S/C28H29N3O3/c1-33-24-13-9-10-22(19-24)31-20-21(18-27(31)32)28-29-25-14-5-6-15-26(25)30(28)16-7-8-17-34-23-11-3-2-4-12-23/h2-6,9-15,19,21H,7-8,16-18,20H2,1H3. The van der Waals surface area contributed by atoms with Crippen molar-refractivity contribution < 1.29 is 14.3 Å². The summed E-state index contributed by atoms with van der Waals surface area (Å²) in [7, 11) is 1.64. The second-order valence-corrected chi connectivity index (χ2v) is 8.59. The van der Waals surface area contributed by atoms with Crippen LogP contribution in [0, 0.1) is 0 Å². The predicted molar refractivity (Wildman–Crippen MR) is 134 cm³/mol. The largest absolute Gasteiger partial charge is 0.497 e. The number of hydrogen-bond acceptors (Lipinski definition) is 4. The van der Waals surface area contributed by atoms with Crippen molar-refractivity contribution in [2.45, 2.75) is 31.7 Å². The Morgan fingerprint density at radius 3 is 2.59 bits per heavy atom. The Morgan fingerprint density at radius 2 is 1.74 bits per heavy atom. The molecule has 1 atom stereocenters. The highest BCUT2D eigenvalue weighted by Crippen LogP contribution is 2.34. The lowest BCUT2D eigenvalue weighted by Crippen LogP contribution is -2.24. The summed E-state index contributed by atoms with van der Waals surface area (Å²) in [5.41, 5.74) is 2.96. The molecule has 0 radical (unpaired) electrons. The van der Waals surface area contributed by atoms with Crippen molar-refractivity contribution in [2.75, 3.05) is 25.2 Å². The minimum absolute atomic E-state index is 0.0478. The molecule has 5 rings (SSSR count). The molecule has 1 amide bonds. The van der Waals surface area contributed by atoms with E-state index >= 15 is 0 Å². The van der Waals surface area contributed by atoms with Crippen molar-refractivity contribution in [3.05, 3.63) is 84.7 Å². The van der Waals surface area contributed by atoms with E-state index in [2.05, 4.69) is 10.6 Å². The number of benzene rings is 3. The van der Waals surface area contributed by atoms with E-state index in [9.17, 15) is 4.79 Å². The maximum atomic E-state index is 13.0. The number of imidazole rings is 1. The van der Waals surface area contributed by atoms with Crippen LogP contribution in [0.3, 0.4) is 0 Å².